The van der Waals surface area contributed by atoms with E-state index in [0.717, 1.165) is 19.5 Å². The van der Waals surface area contributed by atoms with Gasteiger partial charge in [0.2, 0.25) is 0 Å². The largest absolute Gasteiger partial charge is 0.315 e. The van der Waals surface area contributed by atoms with Crippen LogP contribution in [-0.4, -0.2) is 62.2 Å². The number of nitrogens with zero attached hydrogens (tertiary/aromatic N) is 2. The SMILES string of the molecule is CC1CN(C)CCCN1CCNCCc1cccs1. The van der Waals surface area contributed by atoms with Crippen molar-refractivity contribution in [3.05, 3.63) is 22.4 Å². The third-order valence-corrected chi connectivity index (χ3v) is 4.82. The summed E-state index contributed by atoms with van der Waals surface area (Å²) in [5, 5.41) is 5.73. The second kappa shape index (κ2) is 8.00. The monoisotopic (exact) mass is 281 g/mol. The van der Waals surface area contributed by atoms with Crippen molar-refractivity contribution in [2.75, 3.05) is 46.3 Å². The summed E-state index contributed by atoms with van der Waals surface area (Å²) in [5.41, 5.74) is 0. The van der Waals surface area contributed by atoms with Crippen molar-refractivity contribution in [2.24, 2.45) is 0 Å². The Labute approximate surface area is 121 Å². The van der Waals surface area contributed by atoms with Crippen LogP contribution in [0.3, 0.4) is 0 Å². The van der Waals surface area contributed by atoms with Gasteiger partial charge in [-0.1, -0.05) is 6.07 Å². The van der Waals surface area contributed by atoms with Gasteiger partial charge in [-0.25, -0.2) is 0 Å². The molecule has 1 N–H and O–H groups in total. The first-order chi connectivity index (χ1) is 9.25. The highest BCUT2D eigenvalue weighted by Crippen LogP contribution is 2.09. The summed E-state index contributed by atoms with van der Waals surface area (Å²) in [6.07, 6.45) is 2.46. The first-order valence-corrected chi connectivity index (χ1v) is 8.29. The number of likely N-dealkylation sites (N-methyl/N-ethyl adjacent to an activating group) is 1. The molecule has 0 aromatic carbocycles. The summed E-state index contributed by atoms with van der Waals surface area (Å²) in [7, 11) is 2.24. The van der Waals surface area contributed by atoms with Crippen LogP contribution in [0.15, 0.2) is 17.5 Å². The van der Waals surface area contributed by atoms with E-state index in [1.54, 1.807) is 0 Å². The minimum absolute atomic E-state index is 0.687. The van der Waals surface area contributed by atoms with Crippen LogP contribution < -0.4 is 5.32 Å². The van der Waals surface area contributed by atoms with Gasteiger partial charge in [0.1, 0.15) is 0 Å². The number of hydrogen-bond donors (Lipinski definition) is 1. The molecular weight excluding hydrogens is 254 g/mol. The van der Waals surface area contributed by atoms with E-state index in [0.29, 0.717) is 6.04 Å². The summed E-state index contributed by atoms with van der Waals surface area (Å²) in [4.78, 5) is 6.56. The van der Waals surface area contributed by atoms with Crippen LogP contribution in [0.2, 0.25) is 0 Å². The number of nitrogens with one attached hydrogen (secondary N) is 1. The maximum Gasteiger partial charge on any atom is 0.0195 e. The van der Waals surface area contributed by atoms with E-state index in [2.05, 4.69) is 46.6 Å². The molecule has 0 saturated carbocycles. The molecular formula is C15H27N3S. The Balaban J connectivity index is 1.59. The maximum atomic E-state index is 3.57. The Bertz CT molecular complexity index is 339. The van der Waals surface area contributed by atoms with Gasteiger partial charge in [-0.05, 0) is 51.3 Å². The normalized spacial score (nSPS) is 22.5. The quantitative estimate of drug-likeness (QED) is 0.804. The molecule has 0 amide bonds. The first-order valence-electron chi connectivity index (χ1n) is 7.41. The lowest BCUT2D eigenvalue weighted by Gasteiger charge is -2.27. The van der Waals surface area contributed by atoms with Crippen LogP contribution in [0.5, 0.6) is 0 Å². The molecule has 0 bridgehead atoms. The van der Waals surface area contributed by atoms with Gasteiger partial charge in [-0.3, -0.25) is 4.90 Å². The Morgan fingerprint density at radius 1 is 1.37 bits per heavy atom. The highest BCUT2D eigenvalue weighted by molar-refractivity contribution is 7.09. The van der Waals surface area contributed by atoms with Crippen molar-refractivity contribution < 1.29 is 0 Å². The van der Waals surface area contributed by atoms with Crippen molar-refractivity contribution in [1.29, 1.82) is 0 Å². The number of rotatable bonds is 6. The topological polar surface area (TPSA) is 18.5 Å². The Hall–Kier alpha value is -0.420. The van der Waals surface area contributed by atoms with Crippen LogP contribution in [0.4, 0.5) is 0 Å². The summed E-state index contributed by atoms with van der Waals surface area (Å²) in [5.74, 6) is 0. The van der Waals surface area contributed by atoms with Crippen molar-refractivity contribution in [3.63, 3.8) is 0 Å². The molecule has 19 heavy (non-hydrogen) atoms. The minimum atomic E-state index is 0.687. The van der Waals surface area contributed by atoms with Gasteiger partial charge in [0.15, 0.2) is 0 Å². The third-order valence-electron chi connectivity index (χ3n) is 3.89. The molecule has 2 rings (SSSR count). The molecule has 0 radical (unpaired) electrons. The van der Waals surface area contributed by atoms with Crippen LogP contribution in [0.25, 0.3) is 0 Å². The maximum absolute atomic E-state index is 3.57. The Morgan fingerprint density at radius 2 is 2.26 bits per heavy atom. The summed E-state index contributed by atoms with van der Waals surface area (Å²) >= 11 is 1.86. The zero-order chi connectivity index (χ0) is 13.5. The molecule has 2 heterocycles. The lowest BCUT2D eigenvalue weighted by molar-refractivity contribution is 0.203. The minimum Gasteiger partial charge on any atom is -0.315 e. The summed E-state index contributed by atoms with van der Waals surface area (Å²) < 4.78 is 0. The summed E-state index contributed by atoms with van der Waals surface area (Å²) in [6.45, 7) is 9.44. The van der Waals surface area contributed by atoms with E-state index >= 15 is 0 Å². The molecule has 1 aromatic rings. The molecule has 3 nitrogen and oxygen atoms in total. The lowest BCUT2D eigenvalue weighted by atomic mass is 10.2. The van der Waals surface area contributed by atoms with Crippen molar-refractivity contribution in [3.8, 4) is 0 Å². The second-order valence-corrected chi connectivity index (χ2v) is 6.61. The number of thiophene rings is 1. The predicted octanol–water partition coefficient (Wildman–Crippen LogP) is 1.91. The van der Waals surface area contributed by atoms with E-state index in [-0.39, 0.29) is 0 Å². The van der Waals surface area contributed by atoms with Gasteiger partial charge in [-0.15, -0.1) is 11.3 Å². The highest BCUT2D eigenvalue weighted by atomic mass is 32.1. The summed E-state index contributed by atoms with van der Waals surface area (Å²) in [6, 6.07) is 5.04. The molecule has 1 atom stereocenters. The third kappa shape index (κ3) is 5.22. The fourth-order valence-electron chi connectivity index (χ4n) is 2.77. The van der Waals surface area contributed by atoms with Crippen LogP contribution in [0, 0.1) is 0 Å². The average Bonchev–Trinajstić information content (AvgIpc) is 2.83. The Kier molecular flexibility index (Phi) is 6.31. The second-order valence-electron chi connectivity index (χ2n) is 5.58. The highest BCUT2D eigenvalue weighted by Gasteiger charge is 2.18. The molecule has 1 saturated heterocycles. The number of hydrogen-bond acceptors (Lipinski definition) is 4. The van der Waals surface area contributed by atoms with E-state index in [1.807, 2.05) is 11.3 Å². The zero-order valence-corrected chi connectivity index (χ0v) is 13.1. The predicted molar refractivity (Wildman–Crippen MR) is 84.0 cm³/mol. The van der Waals surface area contributed by atoms with Crippen molar-refractivity contribution in [2.45, 2.75) is 25.8 Å². The van der Waals surface area contributed by atoms with Crippen LogP contribution in [0.1, 0.15) is 18.2 Å². The smallest absolute Gasteiger partial charge is 0.0195 e. The van der Waals surface area contributed by atoms with E-state index in [4.69, 9.17) is 0 Å². The molecule has 1 aromatic heterocycles. The van der Waals surface area contributed by atoms with Crippen LogP contribution in [-0.2, 0) is 6.42 Å². The molecule has 108 valence electrons. The first kappa shape index (κ1) is 15.0. The molecule has 0 aliphatic carbocycles. The average molecular weight is 281 g/mol. The van der Waals surface area contributed by atoms with Crippen LogP contribution >= 0.6 is 11.3 Å². The van der Waals surface area contributed by atoms with Gasteiger partial charge in [0.05, 0.1) is 0 Å². The van der Waals surface area contributed by atoms with Gasteiger partial charge in [0.25, 0.3) is 0 Å². The van der Waals surface area contributed by atoms with Crippen molar-refractivity contribution >= 4 is 11.3 Å². The molecule has 0 spiro atoms. The fraction of sp³-hybridized carbons (Fsp3) is 0.733. The van der Waals surface area contributed by atoms with E-state index in [1.165, 1.54) is 37.5 Å². The van der Waals surface area contributed by atoms with Gasteiger partial charge in [-0.2, -0.15) is 0 Å². The van der Waals surface area contributed by atoms with Gasteiger partial charge < -0.3 is 10.2 Å². The molecule has 4 heteroatoms. The molecule has 1 fully saturated rings. The fourth-order valence-corrected chi connectivity index (χ4v) is 3.48. The Morgan fingerprint density at radius 3 is 3.05 bits per heavy atom. The standard InChI is InChI=1S/C15H27N3S/c1-14-13-17(2)9-4-10-18(14)11-8-16-7-6-15-5-3-12-19-15/h3,5,12,14,16H,4,6-11,13H2,1-2H3. The van der Waals surface area contributed by atoms with Gasteiger partial charge >= 0.3 is 0 Å². The molecule has 1 aliphatic heterocycles. The zero-order valence-electron chi connectivity index (χ0n) is 12.3. The molecule has 1 aliphatic rings. The lowest BCUT2D eigenvalue weighted by Crippen LogP contribution is -2.41. The van der Waals surface area contributed by atoms with Crippen molar-refractivity contribution in [1.82, 2.24) is 15.1 Å². The van der Waals surface area contributed by atoms with E-state index in [9.17, 15) is 0 Å². The molecule has 1 unspecified atom stereocenters. The van der Waals surface area contributed by atoms with E-state index < -0.39 is 0 Å². The van der Waals surface area contributed by atoms with Gasteiger partial charge in [0, 0.05) is 37.1 Å².